The molecular weight excluding hydrogens is 228 g/mol. The number of amides is 1. The highest BCUT2D eigenvalue weighted by atomic mass is 35.5. The Balaban J connectivity index is 0.00000225. The Morgan fingerprint density at radius 1 is 1.56 bits per heavy atom. The van der Waals surface area contributed by atoms with Crippen molar-refractivity contribution in [1.82, 2.24) is 4.90 Å². The Bertz CT molecular complexity index is 200. The lowest BCUT2D eigenvalue weighted by Gasteiger charge is -2.32. The molecule has 2 N–H and O–H groups in total. The molecular formula is C11H23ClN2O2. The second-order valence-corrected chi connectivity index (χ2v) is 4.06. The maximum atomic E-state index is 11.7. The van der Waals surface area contributed by atoms with Gasteiger partial charge in [0.15, 0.2) is 0 Å². The van der Waals surface area contributed by atoms with Crippen LogP contribution in [0.15, 0.2) is 0 Å². The fourth-order valence-electron chi connectivity index (χ4n) is 2.04. The van der Waals surface area contributed by atoms with Crippen LogP contribution < -0.4 is 5.73 Å². The van der Waals surface area contributed by atoms with Crippen molar-refractivity contribution in [2.45, 2.75) is 26.2 Å². The molecule has 0 spiro atoms. The molecule has 1 fully saturated rings. The molecule has 1 amide bonds. The zero-order valence-corrected chi connectivity index (χ0v) is 10.8. The number of nitrogens with two attached hydrogens (primary N) is 1. The summed E-state index contributed by atoms with van der Waals surface area (Å²) in [6.07, 6.45) is 3.33. The zero-order valence-electron chi connectivity index (χ0n) is 9.98. The molecule has 1 atom stereocenters. The molecule has 1 aliphatic heterocycles. The van der Waals surface area contributed by atoms with E-state index in [2.05, 4.69) is 0 Å². The number of hydrogen-bond donors (Lipinski definition) is 1. The first kappa shape index (κ1) is 15.7. The normalized spacial score (nSPS) is 20.4. The van der Waals surface area contributed by atoms with E-state index in [1.54, 1.807) is 0 Å². The molecule has 0 aromatic heterocycles. The summed E-state index contributed by atoms with van der Waals surface area (Å²) in [5.74, 6) is 0.716. The van der Waals surface area contributed by atoms with Crippen LogP contribution in [0.1, 0.15) is 26.2 Å². The summed E-state index contributed by atoms with van der Waals surface area (Å²) in [5.41, 5.74) is 5.53. The highest BCUT2D eigenvalue weighted by Gasteiger charge is 2.22. The number of carbonyl (C=O) groups is 1. The standard InChI is InChI=1S/C11H22N2O2.ClH/c1-2-15-9-11(14)13-7-3-4-10(8-13)5-6-12;/h10H,2-9,12H2,1H3;1H. The molecule has 0 bridgehead atoms. The quantitative estimate of drug-likeness (QED) is 0.793. The SMILES string of the molecule is CCOCC(=O)N1CCCC(CCN)C1.Cl. The molecule has 1 aliphatic rings. The second kappa shape index (κ2) is 8.79. The van der Waals surface area contributed by atoms with E-state index in [0.29, 0.717) is 12.5 Å². The second-order valence-electron chi connectivity index (χ2n) is 4.06. The molecule has 1 heterocycles. The van der Waals surface area contributed by atoms with Crippen LogP contribution in [0.25, 0.3) is 0 Å². The van der Waals surface area contributed by atoms with Crippen molar-refractivity contribution >= 4 is 18.3 Å². The Labute approximate surface area is 104 Å². The van der Waals surface area contributed by atoms with E-state index in [-0.39, 0.29) is 24.9 Å². The van der Waals surface area contributed by atoms with E-state index in [9.17, 15) is 4.79 Å². The Hall–Kier alpha value is -0.320. The lowest BCUT2D eigenvalue weighted by atomic mass is 9.95. The molecule has 0 saturated carbocycles. The largest absolute Gasteiger partial charge is 0.372 e. The highest BCUT2D eigenvalue weighted by molar-refractivity contribution is 5.85. The Morgan fingerprint density at radius 2 is 2.31 bits per heavy atom. The van der Waals surface area contributed by atoms with Gasteiger partial charge in [0.1, 0.15) is 6.61 Å². The number of halogens is 1. The molecule has 0 aliphatic carbocycles. The van der Waals surface area contributed by atoms with Crippen molar-refractivity contribution in [3.63, 3.8) is 0 Å². The maximum absolute atomic E-state index is 11.7. The minimum atomic E-state index is 0. The van der Waals surface area contributed by atoms with Crippen molar-refractivity contribution in [2.75, 3.05) is 32.8 Å². The molecule has 96 valence electrons. The van der Waals surface area contributed by atoms with Crippen molar-refractivity contribution in [2.24, 2.45) is 11.7 Å². The fourth-order valence-corrected chi connectivity index (χ4v) is 2.04. The van der Waals surface area contributed by atoms with Crippen LogP contribution in [-0.4, -0.2) is 43.7 Å². The maximum Gasteiger partial charge on any atom is 0.248 e. The summed E-state index contributed by atoms with van der Waals surface area (Å²) >= 11 is 0. The van der Waals surface area contributed by atoms with Crippen LogP contribution in [0.5, 0.6) is 0 Å². The molecule has 5 heteroatoms. The predicted octanol–water partition coefficient (Wildman–Crippen LogP) is 1.03. The lowest BCUT2D eigenvalue weighted by Crippen LogP contribution is -2.42. The molecule has 1 unspecified atom stereocenters. The Morgan fingerprint density at radius 3 is 2.94 bits per heavy atom. The molecule has 0 radical (unpaired) electrons. The average molecular weight is 251 g/mol. The van der Waals surface area contributed by atoms with E-state index >= 15 is 0 Å². The van der Waals surface area contributed by atoms with Gasteiger partial charge in [-0.05, 0) is 38.6 Å². The van der Waals surface area contributed by atoms with Crippen LogP contribution >= 0.6 is 12.4 Å². The molecule has 0 aromatic carbocycles. The summed E-state index contributed by atoms with van der Waals surface area (Å²) in [5, 5.41) is 0. The predicted molar refractivity (Wildman–Crippen MR) is 66.7 cm³/mol. The number of hydrogen-bond acceptors (Lipinski definition) is 3. The van der Waals surface area contributed by atoms with Gasteiger partial charge in [-0.1, -0.05) is 0 Å². The summed E-state index contributed by atoms with van der Waals surface area (Å²) in [4.78, 5) is 13.6. The number of piperidine rings is 1. The van der Waals surface area contributed by atoms with Crippen molar-refractivity contribution in [3.05, 3.63) is 0 Å². The van der Waals surface area contributed by atoms with Gasteiger partial charge in [0.05, 0.1) is 0 Å². The van der Waals surface area contributed by atoms with Crippen molar-refractivity contribution < 1.29 is 9.53 Å². The summed E-state index contributed by atoms with van der Waals surface area (Å²) < 4.78 is 5.13. The Kier molecular flexibility index (Phi) is 8.61. The van der Waals surface area contributed by atoms with Crippen LogP contribution in [0.2, 0.25) is 0 Å². The average Bonchev–Trinajstić information content (AvgIpc) is 2.27. The number of ether oxygens (including phenoxy) is 1. The van der Waals surface area contributed by atoms with E-state index in [1.165, 1.54) is 6.42 Å². The molecule has 4 nitrogen and oxygen atoms in total. The van der Waals surface area contributed by atoms with Gasteiger partial charge in [-0.2, -0.15) is 0 Å². The highest BCUT2D eigenvalue weighted by Crippen LogP contribution is 2.18. The van der Waals surface area contributed by atoms with Crippen molar-refractivity contribution in [1.29, 1.82) is 0 Å². The van der Waals surface area contributed by atoms with Crippen molar-refractivity contribution in [3.8, 4) is 0 Å². The third-order valence-electron chi connectivity index (χ3n) is 2.88. The van der Waals surface area contributed by atoms with Crippen LogP contribution in [0.4, 0.5) is 0 Å². The molecule has 1 rings (SSSR count). The third kappa shape index (κ3) is 5.14. The van der Waals surface area contributed by atoms with Crippen LogP contribution in [0, 0.1) is 5.92 Å². The summed E-state index contributed by atoms with van der Waals surface area (Å²) in [6, 6.07) is 0. The zero-order chi connectivity index (χ0) is 11.1. The van der Waals surface area contributed by atoms with E-state index < -0.39 is 0 Å². The monoisotopic (exact) mass is 250 g/mol. The number of likely N-dealkylation sites (tertiary alicyclic amines) is 1. The minimum absolute atomic E-state index is 0. The van der Waals surface area contributed by atoms with E-state index in [0.717, 1.165) is 32.5 Å². The van der Waals surface area contributed by atoms with Crippen LogP contribution in [-0.2, 0) is 9.53 Å². The van der Waals surface area contributed by atoms with E-state index in [4.69, 9.17) is 10.5 Å². The number of carbonyl (C=O) groups excluding carboxylic acids is 1. The number of nitrogens with zero attached hydrogens (tertiary/aromatic N) is 1. The van der Waals surface area contributed by atoms with Gasteiger partial charge in [-0.15, -0.1) is 12.4 Å². The first-order chi connectivity index (χ1) is 7.27. The van der Waals surface area contributed by atoms with Crippen LogP contribution in [0.3, 0.4) is 0 Å². The van der Waals surface area contributed by atoms with Gasteiger partial charge >= 0.3 is 0 Å². The van der Waals surface area contributed by atoms with Gasteiger partial charge in [-0.25, -0.2) is 0 Å². The summed E-state index contributed by atoms with van der Waals surface area (Å²) in [6.45, 7) is 5.20. The summed E-state index contributed by atoms with van der Waals surface area (Å²) in [7, 11) is 0. The smallest absolute Gasteiger partial charge is 0.248 e. The third-order valence-corrected chi connectivity index (χ3v) is 2.88. The minimum Gasteiger partial charge on any atom is -0.372 e. The van der Waals surface area contributed by atoms with Gasteiger partial charge < -0.3 is 15.4 Å². The topological polar surface area (TPSA) is 55.6 Å². The van der Waals surface area contributed by atoms with Gasteiger partial charge in [0.25, 0.3) is 0 Å². The van der Waals surface area contributed by atoms with Gasteiger partial charge in [-0.3, -0.25) is 4.79 Å². The lowest BCUT2D eigenvalue weighted by molar-refractivity contribution is -0.137. The molecule has 16 heavy (non-hydrogen) atoms. The first-order valence-corrected chi connectivity index (χ1v) is 5.83. The van der Waals surface area contributed by atoms with Gasteiger partial charge in [0.2, 0.25) is 5.91 Å². The van der Waals surface area contributed by atoms with E-state index in [1.807, 2.05) is 11.8 Å². The fraction of sp³-hybridized carbons (Fsp3) is 0.909. The van der Waals surface area contributed by atoms with Gasteiger partial charge in [0, 0.05) is 19.7 Å². The molecule has 0 aromatic rings. The number of rotatable bonds is 5. The molecule has 1 saturated heterocycles. The first-order valence-electron chi connectivity index (χ1n) is 5.83.